The van der Waals surface area contributed by atoms with Crippen LogP contribution in [-0.2, 0) is 4.74 Å². The summed E-state index contributed by atoms with van der Waals surface area (Å²) in [5, 5.41) is 9.34. The molecule has 0 spiro atoms. The van der Waals surface area contributed by atoms with Crippen molar-refractivity contribution in [2.75, 3.05) is 24.7 Å². The van der Waals surface area contributed by atoms with Gasteiger partial charge < -0.3 is 14.7 Å². The predicted octanol–water partition coefficient (Wildman–Crippen LogP) is 3.01. The zero-order valence-corrected chi connectivity index (χ0v) is 12.5. The maximum absolute atomic E-state index is 11.4. The summed E-state index contributed by atoms with van der Waals surface area (Å²) < 4.78 is 5.43. The van der Waals surface area contributed by atoms with Gasteiger partial charge in [0.05, 0.1) is 5.56 Å². The molecular formula is C16H23NO3. The number of carbonyl (C=O) groups is 1. The van der Waals surface area contributed by atoms with Gasteiger partial charge in [-0.1, -0.05) is 0 Å². The Bertz CT molecular complexity index is 493. The number of carboxylic acids is 1. The van der Waals surface area contributed by atoms with E-state index in [2.05, 4.69) is 17.9 Å². The Kier molecular flexibility index (Phi) is 4.65. The highest BCUT2D eigenvalue weighted by Gasteiger charge is 2.23. The minimum Gasteiger partial charge on any atom is -0.478 e. The molecule has 0 atom stereocenters. The van der Waals surface area contributed by atoms with E-state index < -0.39 is 5.97 Å². The van der Waals surface area contributed by atoms with E-state index in [0.717, 1.165) is 49.4 Å². The summed E-state index contributed by atoms with van der Waals surface area (Å²) in [6.45, 7) is 8.44. The van der Waals surface area contributed by atoms with Crippen molar-refractivity contribution in [1.82, 2.24) is 0 Å². The maximum atomic E-state index is 11.4. The number of hydrogen-bond acceptors (Lipinski definition) is 3. The van der Waals surface area contributed by atoms with Crippen LogP contribution in [-0.4, -0.2) is 36.9 Å². The van der Waals surface area contributed by atoms with E-state index in [0.29, 0.717) is 11.6 Å². The van der Waals surface area contributed by atoms with Gasteiger partial charge in [-0.2, -0.15) is 0 Å². The van der Waals surface area contributed by atoms with Gasteiger partial charge in [-0.15, -0.1) is 0 Å². The molecule has 1 N–H and O–H groups in total. The zero-order chi connectivity index (χ0) is 14.7. The fourth-order valence-electron chi connectivity index (χ4n) is 2.98. The van der Waals surface area contributed by atoms with Crippen LogP contribution >= 0.6 is 0 Å². The first kappa shape index (κ1) is 14.9. The monoisotopic (exact) mass is 277 g/mol. The second-order valence-electron chi connectivity index (χ2n) is 5.39. The largest absolute Gasteiger partial charge is 0.478 e. The SMILES string of the molecule is CCN(c1cc(C)cc(C(=O)O)c1C)C1CCOCC1. The molecule has 2 rings (SSSR count). The molecule has 1 aromatic carbocycles. The molecule has 0 radical (unpaired) electrons. The number of aromatic carboxylic acids is 1. The van der Waals surface area contributed by atoms with Crippen molar-refractivity contribution >= 4 is 11.7 Å². The smallest absolute Gasteiger partial charge is 0.336 e. The molecule has 0 aromatic heterocycles. The molecule has 1 fully saturated rings. The lowest BCUT2D eigenvalue weighted by molar-refractivity contribution is 0.0695. The molecule has 0 aliphatic carbocycles. The van der Waals surface area contributed by atoms with Crippen molar-refractivity contribution in [1.29, 1.82) is 0 Å². The number of benzene rings is 1. The van der Waals surface area contributed by atoms with Crippen LogP contribution in [0.5, 0.6) is 0 Å². The summed E-state index contributed by atoms with van der Waals surface area (Å²) in [5.41, 5.74) is 3.31. The molecule has 0 unspecified atom stereocenters. The van der Waals surface area contributed by atoms with Crippen LogP contribution in [0, 0.1) is 13.8 Å². The van der Waals surface area contributed by atoms with E-state index in [9.17, 15) is 9.90 Å². The predicted molar refractivity (Wildman–Crippen MR) is 79.7 cm³/mol. The number of aryl methyl sites for hydroxylation is 1. The molecule has 0 amide bonds. The third kappa shape index (κ3) is 2.96. The molecular weight excluding hydrogens is 254 g/mol. The van der Waals surface area contributed by atoms with E-state index in [-0.39, 0.29) is 0 Å². The summed E-state index contributed by atoms with van der Waals surface area (Å²) in [7, 11) is 0. The molecule has 4 heteroatoms. The van der Waals surface area contributed by atoms with Gasteiger partial charge in [0.15, 0.2) is 0 Å². The molecule has 1 aromatic rings. The van der Waals surface area contributed by atoms with Crippen LogP contribution in [0.3, 0.4) is 0 Å². The highest BCUT2D eigenvalue weighted by atomic mass is 16.5. The molecule has 20 heavy (non-hydrogen) atoms. The van der Waals surface area contributed by atoms with Crippen LogP contribution in [0.1, 0.15) is 41.3 Å². The lowest BCUT2D eigenvalue weighted by Gasteiger charge is -2.36. The van der Waals surface area contributed by atoms with Crippen LogP contribution in [0.25, 0.3) is 0 Å². The lowest BCUT2D eigenvalue weighted by Crippen LogP contribution is -2.40. The Labute approximate surface area is 120 Å². The summed E-state index contributed by atoms with van der Waals surface area (Å²) >= 11 is 0. The minimum atomic E-state index is -0.851. The van der Waals surface area contributed by atoms with Crippen molar-refractivity contribution in [3.8, 4) is 0 Å². The summed E-state index contributed by atoms with van der Waals surface area (Å²) in [6, 6.07) is 4.29. The Morgan fingerprint density at radius 1 is 1.35 bits per heavy atom. The van der Waals surface area contributed by atoms with E-state index >= 15 is 0 Å². The standard InChI is InChI=1S/C16H23NO3/c1-4-17(13-5-7-20-8-6-13)15-10-11(2)9-14(12(15)3)16(18)19/h9-10,13H,4-8H2,1-3H3,(H,18,19). The Balaban J connectivity index is 2.40. The summed E-state index contributed by atoms with van der Waals surface area (Å²) in [4.78, 5) is 13.7. The van der Waals surface area contributed by atoms with Gasteiger partial charge in [0.25, 0.3) is 0 Å². The summed E-state index contributed by atoms with van der Waals surface area (Å²) in [5.74, 6) is -0.851. The molecule has 0 saturated carbocycles. The first-order chi connectivity index (χ1) is 9.54. The fraction of sp³-hybridized carbons (Fsp3) is 0.562. The summed E-state index contributed by atoms with van der Waals surface area (Å²) in [6.07, 6.45) is 2.01. The third-order valence-electron chi connectivity index (χ3n) is 4.04. The number of carboxylic acid groups (broad SMARTS) is 1. The molecule has 110 valence electrons. The topological polar surface area (TPSA) is 49.8 Å². The Morgan fingerprint density at radius 2 is 2.00 bits per heavy atom. The average Bonchev–Trinajstić information content (AvgIpc) is 2.44. The second kappa shape index (κ2) is 6.27. The Morgan fingerprint density at radius 3 is 2.55 bits per heavy atom. The number of hydrogen-bond donors (Lipinski definition) is 1. The fourth-order valence-corrected chi connectivity index (χ4v) is 2.98. The van der Waals surface area contributed by atoms with Crippen LogP contribution in [0.4, 0.5) is 5.69 Å². The minimum absolute atomic E-state index is 0.408. The van der Waals surface area contributed by atoms with Gasteiger partial charge in [-0.3, -0.25) is 0 Å². The van der Waals surface area contributed by atoms with Crippen LogP contribution < -0.4 is 4.90 Å². The van der Waals surface area contributed by atoms with Gasteiger partial charge in [-0.25, -0.2) is 4.79 Å². The first-order valence-electron chi connectivity index (χ1n) is 7.23. The van der Waals surface area contributed by atoms with Gasteiger partial charge in [0, 0.05) is 31.5 Å². The number of anilines is 1. The second-order valence-corrected chi connectivity index (χ2v) is 5.39. The molecule has 1 aliphatic rings. The molecule has 1 aliphatic heterocycles. The van der Waals surface area contributed by atoms with Gasteiger partial charge in [-0.05, 0) is 56.9 Å². The highest BCUT2D eigenvalue weighted by molar-refractivity contribution is 5.91. The van der Waals surface area contributed by atoms with Gasteiger partial charge in [0.2, 0.25) is 0 Å². The van der Waals surface area contributed by atoms with E-state index in [1.165, 1.54) is 0 Å². The van der Waals surface area contributed by atoms with E-state index in [4.69, 9.17) is 4.74 Å². The van der Waals surface area contributed by atoms with E-state index in [1.807, 2.05) is 13.8 Å². The highest BCUT2D eigenvalue weighted by Crippen LogP contribution is 2.29. The average molecular weight is 277 g/mol. The molecule has 4 nitrogen and oxygen atoms in total. The van der Waals surface area contributed by atoms with Gasteiger partial charge >= 0.3 is 5.97 Å². The number of ether oxygens (including phenoxy) is 1. The maximum Gasteiger partial charge on any atom is 0.336 e. The van der Waals surface area contributed by atoms with Gasteiger partial charge in [0.1, 0.15) is 0 Å². The lowest BCUT2D eigenvalue weighted by atomic mass is 9.99. The molecule has 1 saturated heterocycles. The number of rotatable bonds is 4. The number of nitrogens with zero attached hydrogens (tertiary/aromatic N) is 1. The van der Waals surface area contributed by atoms with Crippen molar-refractivity contribution in [3.63, 3.8) is 0 Å². The molecule has 0 bridgehead atoms. The molecule has 1 heterocycles. The van der Waals surface area contributed by atoms with Crippen molar-refractivity contribution < 1.29 is 14.6 Å². The quantitative estimate of drug-likeness (QED) is 0.919. The van der Waals surface area contributed by atoms with Crippen LogP contribution in [0.15, 0.2) is 12.1 Å². The first-order valence-corrected chi connectivity index (χ1v) is 7.23. The van der Waals surface area contributed by atoms with Crippen molar-refractivity contribution in [2.24, 2.45) is 0 Å². The normalized spacial score (nSPS) is 16.1. The van der Waals surface area contributed by atoms with Crippen molar-refractivity contribution in [3.05, 3.63) is 28.8 Å². The van der Waals surface area contributed by atoms with Crippen LogP contribution in [0.2, 0.25) is 0 Å². The van der Waals surface area contributed by atoms with Crippen molar-refractivity contribution in [2.45, 2.75) is 39.7 Å². The van der Waals surface area contributed by atoms with E-state index in [1.54, 1.807) is 6.07 Å². The third-order valence-corrected chi connectivity index (χ3v) is 4.04. The zero-order valence-electron chi connectivity index (χ0n) is 12.5. The Hall–Kier alpha value is -1.55.